The predicted molar refractivity (Wildman–Crippen MR) is 83.2 cm³/mol. The molecule has 0 amide bonds. The Bertz CT molecular complexity index is 612. The first-order valence-electron chi connectivity index (χ1n) is 6.60. The summed E-state index contributed by atoms with van der Waals surface area (Å²) in [5.41, 5.74) is 1.47. The average Bonchev–Trinajstić information content (AvgIpc) is 2.98. The molecule has 0 N–H and O–H groups in total. The van der Waals surface area contributed by atoms with E-state index in [1.54, 1.807) is 19.4 Å². The number of methoxy groups -OCH3 is 1. The number of rotatable bonds is 6. The van der Waals surface area contributed by atoms with Crippen LogP contribution in [0.2, 0.25) is 0 Å². The summed E-state index contributed by atoms with van der Waals surface area (Å²) in [5, 5.41) is 2.50. The van der Waals surface area contributed by atoms with Gasteiger partial charge in [0.15, 0.2) is 10.8 Å². The second kappa shape index (κ2) is 7.08. The molecule has 0 bridgehead atoms. The number of aromatic nitrogens is 1. The van der Waals surface area contributed by atoms with E-state index < -0.39 is 0 Å². The maximum Gasteiger partial charge on any atom is 0.357 e. The van der Waals surface area contributed by atoms with Crippen LogP contribution in [0.15, 0.2) is 29.6 Å². The Labute approximate surface area is 128 Å². The Balaban J connectivity index is 2.06. The molecular formula is C15H18N2O3S. The third kappa shape index (κ3) is 3.95. The molecule has 0 saturated carbocycles. The molecule has 1 aromatic carbocycles. The van der Waals surface area contributed by atoms with Crippen LogP contribution in [0.1, 0.15) is 23.0 Å². The van der Waals surface area contributed by atoms with Crippen LogP contribution in [0.4, 0.5) is 5.13 Å². The molecule has 0 saturated heterocycles. The average molecular weight is 306 g/mol. The molecule has 5 nitrogen and oxygen atoms in total. The molecule has 0 unspecified atom stereocenters. The number of thiazole rings is 1. The van der Waals surface area contributed by atoms with Crippen LogP contribution in [0.25, 0.3) is 0 Å². The number of ether oxygens (including phenoxy) is 2. The first kappa shape index (κ1) is 15.3. The van der Waals surface area contributed by atoms with Gasteiger partial charge in [0.05, 0.1) is 13.7 Å². The topological polar surface area (TPSA) is 51.7 Å². The lowest BCUT2D eigenvalue weighted by Crippen LogP contribution is -2.16. The summed E-state index contributed by atoms with van der Waals surface area (Å²) in [4.78, 5) is 17.9. The zero-order valence-electron chi connectivity index (χ0n) is 12.3. The van der Waals surface area contributed by atoms with Gasteiger partial charge in [-0.25, -0.2) is 9.78 Å². The lowest BCUT2D eigenvalue weighted by Gasteiger charge is -2.16. The predicted octanol–water partition coefficient (Wildman–Crippen LogP) is 2.96. The smallest absolute Gasteiger partial charge is 0.357 e. The quantitative estimate of drug-likeness (QED) is 0.768. The van der Waals surface area contributed by atoms with E-state index >= 15 is 0 Å². The fourth-order valence-corrected chi connectivity index (χ4v) is 2.61. The molecule has 1 aromatic heterocycles. The van der Waals surface area contributed by atoms with Crippen molar-refractivity contribution >= 4 is 22.4 Å². The lowest BCUT2D eigenvalue weighted by molar-refractivity contribution is 0.0520. The van der Waals surface area contributed by atoms with Crippen LogP contribution < -0.4 is 9.64 Å². The van der Waals surface area contributed by atoms with Crippen molar-refractivity contribution < 1.29 is 14.3 Å². The van der Waals surface area contributed by atoms with Gasteiger partial charge in [0.2, 0.25) is 0 Å². The second-order valence-electron chi connectivity index (χ2n) is 4.44. The molecule has 0 aliphatic heterocycles. The van der Waals surface area contributed by atoms with E-state index in [9.17, 15) is 4.79 Å². The van der Waals surface area contributed by atoms with Gasteiger partial charge in [-0.15, -0.1) is 11.3 Å². The fourth-order valence-electron chi connectivity index (χ4n) is 1.85. The molecule has 2 aromatic rings. The Morgan fingerprint density at radius 1 is 1.43 bits per heavy atom. The van der Waals surface area contributed by atoms with Gasteiger partial charge in [-0.3, -0.25) is 0 Å². The van der Waals surface area contributed by atoms with Gasteiger partial charge in [-0.2, -0.15) is 0 Å². The van der Waals surface area contributed by atoms with Gasteiger partial charge in [-0.1, -0.05) is 12.1 Å². The fraction of sp³-hybridized carbons (Fsp3) is 0.333. The number of anilines is 1. The molecule has 0 atom stereocenters. The number of esters is 1. The van der Waals surface area contributed by atoms with E-state index in [2.05, 4.69) is 4.98 Å². The number of benzene rings is 1. The van der Waals surface area contributed by atoms with E-state index in [4.69, 9.17) is 9.47 Å². The van der Waals surface area contributed by atoms with Crippen molar-refractivity contribution in [2.45, 2.75) is 13.5 Å². The Morgan fingerprint density at radius 3 is 2.95 bits per heavy atom. The highest BCUT2D eigenvalue weighted by atomic mass is 32.1. The van der Waals surface area contributed by atoms with E-state index in [0.29, 0.717) is 18.8 Å². The lowest BCUT2D eigenvalue weighted by atomic mass is 10.2. The van der Waals surface area contributed by atoms with Crippen LogP contribution in [0.3, 0.4) is 0 Å². The second-order valence-corrected chi connectivity index (χ2v) is 5.28. The number of nitrogens with zero attached hydrogens (tertiary/aromatic N) is 2. The van der Waals surface area contributed by atoms with Gasteiger partial charge in [0.25, 0.3) is 0 Å². The molecule has 0 aliphatic carbocycles. The maximum atomic E-state index is 11.6. The van der Waals surface area contributed by atoms with Crippen molar-refractivity contribution in [3.05, 3.63) is 40.9 Å². The highest BCUT2D eigenvalue weighted by Gasteiger charge is 2.14. The minimum Gasteiger partial charge on any atom is -0.497 e. The zero-order valence-corrected chi connectivity index (χ0v) is 13.1. The van der Waals surface area contributed by atoms with Crippen LogP contribution in [-0.4, -0.2) is 31.7 Å². The molecule has 1 heterocycles. The molecule has 0 fully saturated rings. The minimum absolute atomic E-state index is 0.353. The summed E-state index contributed by atoms with van der Waals surface area (Å²) < 4.78 is 10.2. The molecule has 0 radical (unpaired) electrons. The summed E-state index contributed by atoms with van der Waals surface area (Å²) in [6, 6.07) is 7.87. The highest BCUT2D eigenvalue weighted by molar-refractivity contribution is 7.13. The van der Waals surface area contributed by atoms with E-state index in [1.165, 1.54) is 11.3 Å². The Kier molecular flexibility index (Phi) is 5.16. The molecule has 6 heteroatoms. The third-order valence-corrected chi connectivity index (χ3v) is 3.81. The summed E-state index contributed by atoms with van der Waals surface area (Å²) in [7, 11) is 3.59. The standard InChI is InChI=1S/C15H18N2O3S/c1-4-20-14(18)13-10-21-15(16-13)17(2)9-11-6-5-7-12(8-11)19-3/h5-8,10H,4,9H2,1-3H3. The Hall–Kier alpha value is -2.08. The third-order valence-electron chi connectivity index (χ3n) is 2.86. The van der Waals surface area contributed by atoms with Crippen molar-refractivity contribution in [1.82, 2.24) is 4.98 Å². The SMILES string of the molecule is CCOC(=O)c1csc(N(C)Cc2cccc(OC)c2)n1. The summed E-state index contributed by atoms with van der Waals surface area (Å²) >= 11 is 1.42. The zero-order chi connectivity index (χ0) is 15.2. The van der Waals surface area contributed by atoms with Crippen molar-refractivity contribution in [3.63, 3.8) is 0 Å². The molecular weight excluding hydrogens is 288 g/mol. The summed E-state index contributed by atoms with van der Waals surface area (Å²) in [5.74, 6) is 0.446. The monoisotopic (exact) mass is 306 g/mol. The summed E-state index contributed by atoms with van der Waals surface area (Å²) in [6.45, 7) is 2.82. The minimum atomic E-state index is -0.380. The number of carbonyl (C=O) groups is 1. The first-order chi connectivity index (χ1) is 10.1. The molecule has 2 rings (SSSR count). The van der Waals surface area contributed by atoms with E-state index in [-0.39, 0.29) is 5.97 Å². The van der Waals surface area contributed by atoms with Gasteiger partial charge in [0, 0.05) is 19.0 Å². The van der Waals surface area contributed by atoms with Gasteiger partial charge in [-0.05, 0) is 24.6 Å². The summed E-state index contributed by atoms with van der Waals surface area (Å²) in [6.07, 6.45) is 0. The van der Waals surface area contributed by atoms with Gasteiger partial charge in [0.1, 0.15) is 5.75 Å². The number of hydrogen-bond acceptors (Lipinski definition) is 6. The highest BCUT2D eigenvalue weighted by Crippen LogP contribution is 2.22. The number of carbonyl (C=O) groups excluding carboxylic acids is 1. The van der Waals surface area contributed by atoms with Crippen molar-refractivity contribution in [2.75, 3.05) is 25.7 Å². The van der Waals surface area contributed by atoms with E-state index in [1.807, 2.05) is 36.2 Å². The Morgan fingerprint density at radius 2 is 2.24 bits per heavy atom. The first-order valence-corrected chi connectivity index (χ1v) is 7.48. The van der Waals surface area contributed by atoms with Crippen LogP contribution in [0, 0.1) is 0 Å². The van der Waals surface area contributed by atoms with E-state index in [0.717, 1.165) is 16.4 Å². The van der Waals surface area contributed by atoms with Gasteiger partial charge >= 0.3 is 5.97 Å². The van der Waals surface area contributed by atoms with Crippen molar-refractivity contribution in [3.8, 4) is 5.75 Å². The van der Waals surface area contributed by atoms with Crippen LogP contribution in [0.5, 0.6) is 5.75 Å². The number of hydrogen-bond donors (Lipinski definition) is 0. The van der Waals surface area contributed by atoms with Gasteiger partial charge < -0.3 is 14.4 Å². The van der Waals surface area contributed by atoms with Crippen LogP contribution >= 0.6 is 11.3 Å². The van der Waals surface area contributed by atoms with Crippen molar-refractivity contribution in [2.24, 2.45) is 0 Å². The normalized spacial score (nSPS) is 10.2. The molecule has 0 spiro atoms. The van der Waals surface area contributed by atoms with Crippen LogP contribution in [-0.2, 0) is 11.3 Å². The van der Waals surface area contributed by atoms with Crippen molar-refractivity contribution in [1.29, 1.82) is 0 Å². The molecule has 21 heavy (non-hydrogen) atoms. The largest absolute Gasteiger partial charge is 0.497 e. The molecule has 112 valence electrons. The maximum absolute atomic E-state index is 11.6. The molecule has 0 aliphatic rings.